The van der Waals surface area contributed by atoms with Crippen LogP contribution in [0.25, 0.3) is 0 Å². The molecule has 0 N–H and O–H groups in total. The van der Waals surface area contributed by atoms with Crippen molar-refractivity contribution < 1.29 is 0 Å². The van der Waals surface area contributed by atoms with Crippen molar-refractivity contribution >= 4 is 0 Å². The molecule has 0 saturated carbocycles. The zero-order valence-electron chi connectivity index (χ0n) is 9.90. The summed E-state index contributed by atoms with van der Waals surface area (Å²) in [5.74, 6) is 0. The molecule has 15 heavy (non-hydrogen) atoms. The molecular formula is C13H20N2. The van der Waals surface area contributed by atoms with Crippen molar-refractivity contribution in [3.63, 3.8) is 0 Å². The monoisotopic (exact) mass is 204 g/mol. The van der Waals surface area contributed by atoms with Gasteiger partial charge in [0.1, 0.15) is 0 Å². The SMILES string of the molecule is Cc1cncc([C@H]2CCCN2C(C)C)c1. The summed E-state index contributed by atoms with van der Waals surface area (Å²) in [5, 5.41) is 0. The Hall–Kier alpha value is -0.890. The molecule has 1 aromatic heterocycles. The van der Waals surface area contributed by atoms with Crippen molar-refractivity contribution in [2.45, 2.75) is 45.7 Å². The van der Waals surface area contributed by atoms with Crippen molar-refractivity contribution in [3.05, 3.63) is 29.6 Å². The second-order valence-electron chi connectivity index (χ2n) is 4.79. The Bertz CT molecular complexity index is 333. The highest BCUT2D eigenvalue weighted by Gasteiger charge is 2.27. The summed E-state index contributed by atoms with van der Waals surface area (Å²) in [4.78, 5) is 6.88. The Morgan fingerprint density at radius 3 is 2.87 bits per heavy atom. The molecule has 0 aliphatic carbocycles. The fourth-order valence-corrected chi connectivity index (χ4v) is 2.53. The van der Waals surface area contributed by atoms with Gasteiger partial charge in [0.15, 0.2) is 0 Å². The van der Waals surface area contributed by atoms with Crippen molar-refractivity contribution in [2.75, 3.05) is 6.54 Å². The molecule has 1 aliphatic rings. The molecule has 2 rings (SSSR count). The fourth-order valence-electron chi connectivity index (χ4n) is 2.53. The first-order valence-electron chi connectivity index (χ1n) is 5.86. The molecular weight excluding hydrogens is 184 g/mol. The smallest absolute Gasteiger partial charge is 0.0366 e. The third kappa shape index (κ3) is 2.20. The van der Waals surface area contributed by atoms with Crippen LogP contribution < -0.4 is 0 Å². The Labute approximate surface area is 92.3 Å². The van der Waals surface area contributed by atoms with Crippen LogP contribution in [0.4, 0.5) is 0 Å². The summed E-state index contributed by atoms with van der Waals surface area (Å²) < 4.78 is 0. The predicted octanol–water partition coefficient (Wildman–Crippen LogP) is 2.94. The van der Waals surface area contributed by atoms with E-state index in [4.69, 9.17) is 0 Å². The first-order chi connectivity index (χ1) is 7.18. The molecule has 2 heteroatoms. The van der Waals surface area contributed by atoms with Gasteiger partial charge in [0.2, 0.25) is 0 Å². The highest BCUT2D eigenvalue weighted by molar-refractivity contribution is 5.21. The van der Waals surface area contributed by atoms with Crippen LogP contribution in [0.5, 0.6) is 0 Å². The van der Waals surface area contributed by atoms with E-state index in [0.717, 1.165) is 0 Å². The summed E-state index contributed by atoms with van der Waals surface area (Å²) in [6, 6.07) is 3.51. The number of aromatic nitrogens is 1. The maximum absolute atomic E-state index is 4.30. The van der Waals surface area contributed by atoms with Gasteiger partial charge in [-0.05, 0) is 51.3 Å². The summed E-state index contributed by atoms with van der Waals surface area (Å²) in [6.45, 7) is 7.91. The van der Waals surface area contributed by atoms with Crippen molar-refractivity contribution in [3.8, 4) is 0 Å². The van der Waals surface area contributed by atoms with Gasteiger partial charge in [-0.3, -0.25) is 9.88 Å². The van der Waals surface area contributed by atoms with E-state index in [9.17, 15) is 0 Å². The normalized spacial score (nSPS) is 22.5. The number of hydrogen-bond acceptors (Lipinski definition) is 2. The topological polar surface area (TPSA) is 16.1 Å². The van der Waals surface area contributed by atoms with Gasteiger partial charge in [-0.2, -0.15) is 0 Å². The van der Waals surface area contributed by atoms with Crippen molar-refractivity contribution in [2.24, 2.45) is 0 Å². The lowest BCUT2D eigenvalue weighted by Crippen LogP contribution is -2.30. The Kier molecular flexibility index (Phi) is 3.06. The molecule has 0 radical (unpaired) electrons. The number of rotatable bonds is 2. The molecule has 0 unspecified atom stereocenters. The molecule has 0 bridgehead atoms. The minimum Gasteiger partial charge on any atom is -0.294 e. The van der Waals surface area contributed by atoms with Crippen LogP contribution in [0.3, 0.4) is 0 Å². The quantitative estimate of drug-likeness (QED) is 0.736. The minimum atomic E-state index is 0.595. The standard InChI is InChI=1S/C13H20N2/c1-10(2)15-6-4-5-13(15)12-7-11(3)8-14-9-12/h7-10,13H,4-6H2,1-3H3/t13-/m1/s1. The first-order valence-corrected chi connectivity index (χ1v) is 5.86. The molecule has 1 aliphatic heterocycles. The molecule has 1 saturated heterocycles. The average Bonchev–Trinajstić information content (AvgIpc) is 2.65. The third-order valence-corrected chi connectivity index (χ3v) is 3.24. The summed E-state index contributed by atoms with van der Waals surface area (Å²) in [5.41, 5.74) is 2.66. The van der Waals surface area contributed by atoms with E-state index in [2.05, 4.69) is 36.7 Å². The van der Waals surface area contributed by atoms with Crippen LogP contribution in [0.15, 0.2) is 18.5 Å². The highest BCUT2D eigenvalue weighted by atomic mass is 15.2. The molecule has 1 fully saturated rings. The van der Waals surface area contributed by atoms with Gasteiger partial charge in [0.05, 0.1) is 0 Å². The Balaban J connectivity index is 2.22. The highest BCUT2D eigenvalue weighted by Crippen LogP contribution is 2.33. The number of hydrogen-bond donors (Lipinski definition) is 0. The molecule has 1 aromatic rings. The summed E-state index contributed by atoms with van der Waals surface area (Å²) in [6.07, 6.45) is 6.55. The number of pyridine rings is 1. The van der Waals surface area contributed by atoms with Crippen LogP contribution >= 0.6 is 0 Å². The van der Waals surface area contributed by atoms with Crippen molar-refractivity contribution in [1.29, 1.82) is 0 Å². The number of likely N-dealkylation sites (tertiary alicyclic amines) is 1. The van der Waals surface area contributed by atoms with Gasteiger partial charge >= 0.3 is 0 Å². The van der Waals surface area contributed by atoms with Gasteiger partial charge < -0.3 is 0 Å². The van der Waals surface area contributed by atoms with Crippen LogP contribution in [0.2, 0.25) is 0 Å². The van der Waals surface area contributed by atoms with Crippen LogP contribution in [0, 0.1) is 6.92 Å². The van der Waals surface area contributed by atoms with E-state index in [1.54, 1.807) is 0 Å². The van der Waals surface area contributed by atoms with E-state index in [1.165, 1.54) is 30.5 Å². The minimum absolute atomic E-state index is 0.595. The summed E-state index contributed by atoms with van der Waals surface area (Å²) >= 11 is 0. The fraction of sp³-hybridized carbons (Fsp3) is 0.615. The van der Waals surface area contributed by atoms with Gasteiger partial charge in [0, 0.05) is 24.5 Å². The van der Waals surface area contributed by atoms with E-state index >= 15 is 0 Å². The molecule has 2 heterocycles. The third-order valence-electron chi connectivity index (χ3n) is 3.24. The van der Waals surface area contributed by atoms with Gasteiger partial charge in [0.25, 0.3) is 0 Å². The molecule has 2 nitrogen and oxygen atoms in total. The van der Waals surface area contributed by atoms with Gasteiger partial charge in [-0.1, -0.05) is 6.07 Å². The van der Waals surface area contributed by atoms with Crippen LogP contribution in [-0.4, -0.2) is 22.5 Å². The second-order valence-corrected chi connectivity index (χ2v) is 4.79. The van der Waals surface area contributed by atoms with E-state index in [1.807, 2.05) is 12.4 Å². The van der Waals surface area contributed by atoms with Crippen LogP contribution in [-0.2, 0) is 0 Å². The maximum atomic E-state index is 4.30. The lowest BCUT2D eigenvalue weighted by molar-refractivity contribution is 0.205. The Morgan fingerprint density at radius 1 is 1.40 bits per heavy atom. The average molecular weight is 204 g/mol. The molecule has 0 aromatic carbocycles. The Morgan fingerprint density at radius 2 is 2.20 bits per heavy atom. The summed E-state index contributed by atoms with van der Waals surface area (Å²) in [7, 11) is 0. The lowest BCUT2D eigenvalue weighted by Gasteiger charge is -2.28. The van der Waals surface area contributed by atoms with Crippen LogP contribution in [0.1, 0.15) is 43.9 Å². The second kappa shape index (κ2) is 4.31. The number of nitrogens with zero attached hydrogens (tertiary/aromatic N) is 2. The molecule has 82 valence electrons. The molecule has 0 spiro atoms. The largest absolute Gasteiger partial charge is 0.294 e. The molecule has 1 atom stereocenters. The van der Waals surface area contributed by atoms with E-state index in [-0.39, 0.29) is 0 Å². The van der Waals surface area contributed by atoms with Gasteiger partial charge in [-0.25, -0.2) is 0 Å². The van der Waals surface area contributed by atoms with Crippen molar-refractivity contribution in [1.82, 2.24) is 9.88 Å². The zero-order chi connectivity index (χ0) is 10.8. The maximum Gasteiger partial charge on any atom is 0.0366 e. The predicted molar refractivity (Wildman–Crippen MR) is 62.8 cm³/mol. The van der Waals surface area contributed by atoms with E-state index in [0.29, 0.717) is 12.1 Å². The van der Waals surface area contributed by atoms with Gasteiger partial charge in [-0.15, -0.1) is 0 Å². The molecule has 0 amide bonds. The number of aryl methyl sites for hydroxylation is 1. The zero-order valence-corrected chi connectivity index (χ0v) is 9.90. The van der Waals surface area contributed by atoms with E-state index < -0.39 is 0 Å². The first kappa shape index (κ1) is 10.6. The lowest BCUT2D eigenvalue weighted by atomic mass is 10.0.